The summed E-state index contributed by atoms with van der Waals surface area (Å²) in [7, 11) is -3.89. The van der Waals surface area contributed by atoms with E-state index < -0.39 is 22.7 Å². The van der Waals surface area contributed by atoms with Crippen LogP contribution in [0.3, 0.4) is 0 Å². The van der Waals surface area contributed by atoms with Gasteiger partial charge in [0.05, 0.1) is 17.9 Å². The first-order valence-corrected chi connectivity index (χ1v) is 8.05. The number of carboxylic acid groups (broad SMARTS) is 1. The number of fused-ring (bicyclic) bond motifs is 1. The van der Waals surface area contributed by atoms with Crippen molar-refractivity contribution < 1.29 is 18.3 Å². The van der Waals surface area contributed by atoms with E-state index in [1.165, 1.54) is 4.31 Å². The van der Waals surface area contributed by atoms with E-state index in [9.17, 15) is 13.2 Å². The number of hydrogen-bond donors (Lipinski definition) is 1. The Morgan fingerprint density at radius 2 is 1.45 bits per heavy atom. The summed E-state index contributed by atoms with van der Waals surface area (Å²) in [6, 6.07) is 15.9. The number of para-hydroxylation sites is 2. The maximum absolute atomic E-state index is 12.7. The summed E-state index contributed by atoms with van der Waals surface area (Å²) in [6.45, 7) is -0.430. The Labute approximate surface area is 128 Å². The van der Waals surface area contributed by atoms with Gasteiger partial charge in [-0.05, 0) is 17.7 Å². The number of rotatable bonds is 4. The quantitative estimate of drug-likeness (QED) is 0.933. The van der Waals surface area contributed by atoms with Crippen molar-refractivity contribution in [3.8, 4) is 0 Å². The molecule has 0 fully saturated rings. The molecular weight excluding hydrogens is 304 g/mol. The van der Waals surface area contributed by atoms with E-state index in [1.54, 1.807) is 24.3 Å². The first-order chi connectivity index (χ1) is 10.5. The maximum atomic E-state index is 12.7. The van der Waals surface area contributed by atoms with Crippen LogP contribution in [-0.2, 0) is 21.5 Å². The summed E-state index contributed by atoms with van der Waals surface area (Å²) in [5, 5.41) is 8.98. The van der Waals surface area contributed by atoms with Gasteiger partial charge in [-0.2, -0.15) is 8.42 Å². The summed E-state index contributed by atoms with van der Waals surface area (Å²) in [5.41, 5.74) is 1.71. The predicted molar refractivity (Wildman–Crippen MR) is 83.0 cm³/mol. The van der Waals surface area contributed by atoms with Gasteiger partial charge in [0.2, 0.25) is 0 Å². The van der Waals surface area contributed by atoms with Crippen LogP contribution in [-0.4, -0.2) is 26.0 Å². The monoisotopic (exact) mass is 318 g/mol. The predicted octanol–water partition coefficient (Wildman–Crippen LogP) is 1.84. The third-order valence-corrected chi connectivity index (χ3v) is 5.19. The molecular formula is C15H14N2O4S. The van der Waals surface area contributed by atoms with Crippen LogP contribution in [0, 0.1) is 0 Å². The fourth-order valence-electron chi connectivity index (χ4n) is 2.46. The van der Waals surface area contributed by atoms with Crippen LogP contribution in [0.5, 0.6) is 0 Å². The highest BCUT2D eigenvalue weighted by atomic mass is 32.2. The van der Waals surface area contributed by atoms with Crippen molar-refractivity contribution in [2.75, 3.05) is 15.2 Å². The number of carboxylic acids is 1. The van der Waals surface area contributed by atoms with Gasteiger partial charge in [-0.15, -0.1) is 0 Å². The second-order valence-corrected chi connectivity index (χ2v) is 6.67. The summed E-state index contributed by atoms with van der Waals surface area (Å²) in [4.78, 5) is 11.0. The van der Waals surface area contributed by atoms with Crippen LogP contribution >= 0.6 is 0 Å². The Morgan fingerprint density at radius 3 is 2.05 bits per heavy atom. The number of hydrogen-bond acceptors (Lipinski definition) is 3. The standard InChI is InChI=1S/C15H14N2O4S/c18-15(19)11-17-14-9-5-4-8-13(14)16(22(17,20)21)10-12-6-2-1-3-7-12/h1-9H,10-11H2,(H,18,19). The van der Waals surface area contributed by atoms with Crippen molar-refractivity contribution in [3.05, 3.63) is 60.2 Å². The highest BCUT2D eigenvalue weighted by Gasteiger charge is 2.40. The van der Waals surface area contributed by atoms with Crippen LogP contribution in [0.1, 0.15) is 5.56 Å². The average Bonchev–Trinajstić information content (AvgIpc) is 2.70. The first kappa shape index (κ1) is 14.4. The lowest BCUT2D eigenvalue weighted by molar-refractivity contribution is -0.135. The minimum absolute atomic E-state index is 0.163. The Balaban J connectivity index is 2.05. The highest BCUT2D eigenvalue weighted by Crippen LogP contribution is 2.41. The average molecular weight is 318 g/mol. The minimum atomic E-state index is -3.89. The molecule has 22 heavy (non-hydrogen) atoms. The lowest BCUT2D eigenvalue weighted by Gasteiger charge is -2.20. The Kier molecular flexibility index (Phi) is 3.50. The van der Waals surface area contributed by atoms with E-state index in [0.29, 0.717) is 11.4 Å². The zero-order chi connectivity index (χ0) is 15.7. The minimum Gasteiger partial charge on any atom is -0.480 e. The van der Waals surface area contributed by atoms with Crippen LogP contribution < -0.4 is 8.61 Å². The molecule has 0 aliphatic carbocycles. The third kappa shape index (κ3) is 2.39. The number of carbonyl (C=O) groups is 1. The highest BCUT2D eigenvalue weighted by molar-refractivity contribution is 7.94. The number of nitrogens with zero attached hydrogens (tertiary/aromatic N) is 2. The van der Waals surface area contributed by atoms with E-state index in [2.05, 4.69) is 0 Å². The molecule has 0 radical (unpaired) electrons. The van der Waals surface area contributed by atoms with Gasteiger partial charge >= 0.3 is 16.2 Å². The van der Waals surface area contributed by atoms with Gasteiger partial charge in [0.15, 0.2) is 0 Å². The second-order valence-electron chi connectivity index (χ2n) is 4.89. The van der Waals surface area contributed by atoms with Crippen molar-refractivity contribution in [1.29, 1.82) is 0 Å². The molecule has 1 heterocycles. The lowest BCUT2D eigenvalue weighted by atomic mass is 10.2. The van der Waals surface area contributed by atoms with Crippen molar-refractivity contribution in [3.63, 3.8) is 0 Å². The Hall–Kier alpha value is -2.54. The van der Waals surface area contributed by atoms with Crippen LogP contribution in [0.25, 0.3) is 0 Å². The fraction of sp³-hybridized carbons (Fsp3) is 0.133. The summed E-state index contributed by atoms with van der Waals surface area (Å²) >= 11 is 0. The molecule has 2 aromatic rings. The van der Waals surface area contributed by atoms with E-state index in [0.717, 1.165) is 9.87 Å². The molecule has 0 unspecified atom stereocenters. The molecule has 114 valence electrons. The third-order valence-electron chi connectivity index (χ3n) is 3.42. The van der Waals surface area contributed by atoms with Crippen LogP contribution in [0.4, 0.5) is 11.4 Å². The fourth-order valence-corrected chi connectivity index (χ4v) is 4.09. The molecule has 7 heteroatoms. The van der Waals surface area contributed by atoms with Crippen LogP contribution in [0.15, 0.2) is 54.6 Å². The number of anilines is 2. The van der Waals surface area contributed by atoms with Gasteiger partial charge in [0.25, 0.3) is 0 Å². The molecule has 0 spiro atoms. The van der Waals surface area contributed by atoms with Gasteiger partial charge in [-0.25, -0.2) is 8.61 Å². The normalized spacial score (nSPS) is 15.6. The molecule has 6 nitrogen and oxygen atoms in total. The second kappa shape index (κ2) is 5.34. The molecule has 0 saturated heterocycles. The van der Waals surface area contributed by atoms with Gasteiger partial charge in [-0.3, -0.25) is 4.79 Å². The van der Waals surface area contributed by atoms with E-state index in [4.69, 9.17) is 5.11 Å². The molecule has 0 bridgehead atoms. The Morgan fingerprint density at radius 1 is 0.909 bits per heavy atom. The molecule has 0 saturated carbocycles. The van der Waals surface area contributed by atoms with E-state index >= 15 is 0 Å². The summed E-state index contributed by atoms with van der Waals surface area (Å²) in [6.07, 6.45) is 0. The molecule has 0 atom stereocenters. The van der Waals surface area contributed by atoms with Gasteiger partial charge in [0, 0.05) is 0 Å². The van der Waals surface area contributed by atoms with Gasteiger partial charge in [-0.1, -0.05) is 42.5 Å². The summed E-state index contributed by atoms with van der Waals surface area (Å²) < 4.78 is 27.5. The zero-order valence-electron chi connectivity index (χ0n) is 11.6. The molecule has 3 rings (SSSR count). The summed E-state index contributed by atoms with van der Waals surface area (Å²) in [5.74, 6) is -1.19. The van der Waals surface area contributed by atoms with E-state index in [-0.39, 0.29) is 6.54 Å². The molecule has 1 aliphatic rings. The van der Waals surface area contributed by atoms with Crippen molar-refractivity contribution in [1.82, 2.24) is 0 Å². The molecule has 0 amide bonds. The van der Waals surface area contributed by atoms with E-state index in [1.807, 2.05) is 30.3 Å². The zero-order valence-corrected chi connectivity index (χ0v) is 12.4. The Bertz CT molecular complexity index is 805. The van der Waals surface area contributed by atoms with Crippen molar-refractivity contribution >= 4 is 27.6 Å². The maximum Gasteiger partial charge on any atom is 0.327 e. The molecule has 2 aromatic carbocycles. The molecule has 1 aliphatic heterocycles. The number of aliphatic carboxylic acids is 1. The van der Waals surface area contributed by atoms with Crippen LogP contribution in [0.2, 0.25) is 0 Å². The topological polar surface area (TPSA) is 77.9 Å². The molecule has 0 aromatic heterocycles. The number of benzene rings is 2. The lowest BCUT2D eigenvalue weighted by Crippen LogP contribution is -2.40. The van der Waals surface area contributed by atoms with Gasteiger partial charge < -0.3 is 5.11 Å². The van der Waals surface area contributed by atoms with Crippen molar-refractivity contribution in [2.24, 2.45) is 0 Å². The SMILES string of the molecule is O=C(O)CN1c2ccccc2N(Cc2ccccc2)S1(=O)=O. The molecule has 1 N–H and O–H groups in total. The van der Waals surface area contributed by atoms with Gasteiger partial charge in [0.1, 0.15) is 6.54 Å². The first-order valence-electron chi connectivity index (χ1n) is 6.65. The largest absolute Gasteiger partial charge is 0.480 e. The smallest absolute Gasteiger partial charge is 0.327 e. The van der Waals surface area contributed by atoms with Crippen molar-refractivity contribution in [2.45, 2.75) is 6.54 Å².